The van der Waals surface area contributed by atoms with Gasteiger partial charge in [-0.2, -0.15) is 0 Å². The molecule has 0 radical (unpaired) electrons. The number of ketones is 1. The van der Waals surface area contributed by atoms with Crippen LogP contribution >= 0.6 is 0 Å². The van der Waals surface area contributed by atoms with Crippen LogP contribution in [0, 0.1) is 0 Å². The van der Waals surface area contributed by atoms with Gasteiger partial charge in [0, 0.05) is 18.5 Å². The molecule has 2 amide bonds. The Bertz CT molecular complexity index is 955. The van der Waals surface area contributed by atoms with E-state index < -0.39 is 12.1 Å². The maximum absolute atomic E-state index is 13.5. The summed E-state index contributed by atoms with van der Waals surface area (Å²) in [5.74, 6) is -0.222. The van der Waals surface area contributed by atoms with Crippen molar-refractivity contribution >= 4 is 17.6 Å². The molecule has 0 bridgehead atoms. The third kappa shape index (κ3) is 4.54. The molecule has 0 saturated carbocycles. The summed E-state index contributed by atoms with van der Waals surface area (Å²) in [6.45, 7) is 4.71. The number of Topliss-reactive ketones (excluding diaryl/α,β-unsaturated/α-hetero) is 1. The first-order valence-corrected chi connectivity index (χ1v) is 10.8. The van der Waals surface area contributed by atoms with Crippen LogP contribution in [0.25, 0.3) is 0 Å². The van der Waals surface area contributed by atoms with Gasteiger partial charge in [-0.1, -0.05) is 56.3 Å². The standard InChI is InChI=1S/C25H28N2O4/c1-16(2)18-8-10-19(11-9-18)24(29)26-20(14-17-6-4-3-5-7-17)25(30)27-13-12-22-23(27)21(28)15-31-22/h3-11,16,20,22-23H,12-15H2,1-2H3,(H,26,29). The van der Waals surface area contributed by atoms with Gasteiger partial charge < -0.3 is 15.0 Å². The van der Waals surface area contributed by atoms with Gasteiger partial charge in [-0.15, -0.1) is 0 Å². The van der Waals surface area contributed by atoms with Crippen LogP contribution in [0.2, 0.25) is 0 Å². The number of carbonyl (C=O) groups is 3. The summed E-state index contributed by atoms with van der Waals surface area (Å²) in [4.78, 5) is 40.3. The first kappa shape index (κ1) is 21.2. The predicted molar refractivity (Wildman–Crippen MR) is 117 cm³/mol. The van der Waals surface area contributed by atoms with Crippen LogP contribution in [-0.2, 0) is 20.7 Å². The number of ether oxygens (including phenoxy) is 1. The Balaban J connectivity index is 1.54. The maximum Gasteiger partial charge on any atom is 0.251 e. The molecule has 2 saturated heterocycles. The van der Waals surface area contributed by atoms with Crippen molar-refractivity contribution in [1.82, 2.24) is 10.2 Å². The van der Waals surface area contributed by atoms with Crippen molar-refractivity contribution in [3.63, 3.8) is 0 Å². The van der Waals surface area contributed by atoms with Gasteiger partial charge in [-0.25, -0.2) is 0 Å². The second-order valence-electron chi connectivity index (χ2n) is 8.57. The zero-order valence-electron chi connectivity index (χ0n) is 17.9. The number of nitrogens with one attached hydrogen (secondary N) is 1. The molecule has 2 aliphatic rings. The van der Waals surface area contributed by atoms with E-state index in [-0.39, 0.29) is 30.3 Å². The first-order valence-electron chi connectivity index (χ1n) is 10.8. The zero-order chi connectivity index (χ0) is 22.0. The van der Waals surface area contributed by atoms with Gasteiger partial charge in [0.15, 0.2) is 5.78 Å². The molecule has 6 heteroatoms. The van der Waals surface area contributed by atoms with E-state index in [2.05, 4.69) is 19.2 Å². The minimum atomic E-state index is -0.758. The Labute approximate surface area is 182 Å². The molecule has 6 nitrogen and oxygen atoms in total. The fourth-order valence-corrected chi connectivity index (χ4v) is 4.35. The second kappa shape index (κ2) is 9.02. The molecule has 31 heavy (non-hydrogen) atoms. The lowest BCUT2D eigenvalue weighted by molar-refractivity contribution is -0.138. The van der Waals surface area contributed by atoms with E-state index in [1.54, 1.807) is 17.0 Å². The number of rotatable bonds is 6. The highest BCUT2D eigenvalue weighted by atomic mass is 16.5. The minimum absolute atomic E-state index is 0.0526. The van der Waals surface area contributed by atoms with Crippen molar-refractivity contribution in [3.8, 4) is 0 Å². The van der Waals surface area contributed by atoms with Crippen LogP contribution in [0.5, 0.6) is 0 Å². The second-order valence-corrected chi connectivity index (χ2v) is 8.57. The van der Waals surface area contributed by atoms with E-state index in [9.17, 15) is 14.4 Å². The molecule has 2 aromatic carbocycles. The van der Waals surface area contributed by atoms with Crippen LogP contribution in [0.3, 0.4) is 0 Å². The number of amides is 2. The van der Waals surface area contributed by atoms with Crippen LogP contribution in [-0.4, -0.2) is 53.8 Å². The van der Waals surface area contributed by atoms with Crippen molar-refractivity contribution in [3.05, 3.63) is 71.3 Å². The van der Waals surface area contributed by atoms with Gasteiger partial charge in [0.25, 0.3) is 5.91 Å². The summed E-state index contributed by atoms with van der Waals surface area (Å²) in [5, 5.41) is 2.92. The summed E-state index contributed by atoms with van der Waals surface area (Å²) >= 11 is 0. The van der Waals surface area contributed by atoms with Crippen molar-refractivity contribution in [1.29, 1.82) is 0 Å². The number of fused-ring (bicyclic) bond motifs is 1. The Morgan fingerprint density at radius 1 is 1.10 bits per heavy atom. The molecule has 1 N–H and O–H groups in total. The normalized spacial score (nSPS) is 21.3. The molecule has 2 aliphatic heterocycles. The molecule has 162 valence electrons. The highest BCUT2D eigenvalue weighted by Gasteiger charge is 2.48. The van der Waals surface area contributed by atoms with Gasteiger partial charge in [0.1, 0.15) is 18.7 Å². The Morgan fingerprint density at radius 2 is 1.81 bits per heavy atom. The molecule has 2 aromatic rings. The van der Waals surface area contributed by atoms with Gasteiger partial charge in [-0.05, 0) is 35.6 Å². The van der Waals surface area contributed by atoms with Crippen molar-refractivity contribution in [2.24, 2.45) is 0 Å². The molecule has 2 fully saturated rings. The average molecular weight is 421 g/mol. The van der Waals surface area contributed by atoms with E-state index in [0.717, 1.165) is 11.1 Å². The molecule has 0 spiro atoms. The fourth-order valence-electron chi connectivity index (χ4n) is 4.35. The lowest BCUT2D eigenvalue weighted by Crippen LogP contribution is -2.53. The number of hydrogen-bond acceptors (Lipinski definition) is 4. The SMILES string of the molecule is CC(C)c1ccc(C(=O)NC(Cc2ccccc2)C(=O)N2CCC3OCC(=O)C32)cc1. The summed E-state index contributed by atoms with van der Waals surface area (Å²) in [7, 11) is 0. The zero-order valence-corrected chi connectivity index (χ0v) is 17.9. The van der Waals surface area contributed by atoms with E-state index in [1.807, 2.05) is 42.5 Å². The highest BCUT2D eigenvalue weighted by Crippen LogP contribution is 2.28. The van der Waals surface area contributed by atoms with E-state index in [1.165, 1.54) is 0 Å². The van der Waals surface area contributed by atoms with E-state index in [0.29, 0.717) is 30.9 Å². The average Bonchev–Trinajstić information content (AvgIpc) is 3.36. The number of hydrogen-bond donors (Lipinski definition) is 1. The third-order valence-corrected chi connectivity index (χ3v) is 6.12. The van der Waals surface area contributed by atoms with Crippen LogP contribution in [0.4, 0.5) is 0 Å². The lowest BCUT2D eigenvalue weighted by Gasteiger charge is -2.27. The van der Waals surface area contributed by atoms with E-state index in [4.69, 9.17) is 4.74 Å². The fraction of sp³-hybridized carbons (Fsp3) is 0.400. The third-order valence-electron chi connectivity index (χ3n) is 6.12. The van der Waals surface area contributed by atoms with Gasteiger partial charge in [0.05, 0.1) is 6.10 Å². The van der Waals surface area contributed by atoms with Gasteiger partial charge >= 0.3 is 0 Å². The molecular weight excluding hydrogens is 392 g/mol. The quantitative estimate of drug-likeness (QED) is 0.780. The topological polar surface area (TPSA) is 75.7 Å². The van der Waals surface area contributed by atoms with Crippen LogP contribution in [0.1, 0.15) is 47.7 Å². The molecule has 4 rings (SSSR count). The van der Waals surface area contributed by atoms with Gasteiger partial charge in [0.2, 0.25) is 5.91 Å². The Hall–Kier alpha value is -2.99. The summed E-state index contributed by atoms with van der Waals surface area (Å²) < 4.78 is 5.52. The summed E-state index contributed by atoms with van der Waals surface area (Å²) in [6, 6.07) is 15.7. The summed E-state index contributed by atoms with van der Waals surface area (Å²) in [5.41, 5.74) is 2.60. The first-order chi connectivity index (χ1) is 14.9. The number of nitrogens with zero attached hydrogens (tertiary/aromatic N) is 1. The molecule has 3 atom stereocenters. The lowest BCUT2D eigenvalue weighted by atomic mass is 10.0. The molecule has 0 aliphatic carbocycles. The van der Waals surface area contributed by atoms with E-state index >= 15 is 0 Å². The molecule has 0 aromatic heterocycles. The van der Waals surface area contributed by atoms with Crippen LogP contribution < -0.4 is 5.32 Å². The Morgan fingerprint density at radius 3 is 2.48 bits per heavy atom. The predicted octanol–water partition coefficient (Wildman–Crippen LogP) is 2.72. The number of likely N-dealkylation sites (tertiary alicyclic amines) is 1. The molecule has 2 heterocycles. The van der Waals surface area contributed by atoms with Gasteiger partial charge in [-0.3, -0.25) is 14.4 Å². The minimum Gasteiger partial charge on any atom is -0.368 e. The monoisotopic (exact) mass is 420 g/mol. The largest absolute Gasteiger partial charge is 0.368 e. The Kier molecular flexibility index (Phi) is 6.18. The van der Waals surface area contributed by atoms with Crippen molar-refractivity contribution in [2.75, 3.05) is 13.2 Å². The molecule has 3 unspecified atom stereocenters. The van der Waals surface area contributed by atoms with Crippen molar-refractivity contribution in [2.45, 2.75) is 50.8 Å². The maximum atomic E-state index is 13.5. The van der Waals surface area contributed by atoms with Crippen LogP contribution in [0.15, 0.2) is 54.6 Å². The smallest absolute Gasteiger partial charge is 0.251 e. The number of benzene rings is 2. The number of carbonyl (C=O) groups excluding carboxylic acids is 3. The molecular formula is C25H28N2O4. The summed E-state index contributed by atoms with van der Waals surface area (Å²) in [6.07, 6.45) is 0.775. The van der Waals surface area contributed by atoms with Crippen molar-refractivity contribution < 1.29 is 19.1 Å². The highest BCUT2D eigenvalue weighted by molar-refractivity contribution is 5.99.